The topological polar surface area (TPSA) is 29.9 Å². The lowest BCUT2D eigenvalue weighted by atomic mass is 9.90. The predicted molar refractivity (Wildman–Crippen MR) is 68.5 cm³/mol. The van der Waals surface area contributed by atoms with Crippen molar-refractivity contribution in [1.82, 2.24) is 14.9 Å². The van der Waals surface area contributed by atoms with Crippen LogP contribution < -0.4 is 5.32 Å². The molecule has 0 aliphatic carbocycles. The van der Waals surface area contributed by atoms with Gasteiger partial charge in [0.2, 0.25) is 0 Å². The minimum absolute atomic E-state index is 0.356. The van der Waals surface area contributed by atoms with Crippen LogP contribution in [0.3, 0.4) is 0 Å². The zero-order chi connectivity index (χ0) is 11.9. The van der Waals surface area contributed by atoms with Crippen molar-refractivity contribution in [2.45, 2.75) is 58.5 Å². The second kappa shape index (κ2) is 6.69. The average molecular weight is 223 g/mol. The van der Waals surface area contributed by atoms with Gasteiger partial charge in [0.25, 0.3) is 0 Å². The molecule has 0 saturated carbocycles. The Morgan fingerprint density at radius 3 is 2.38 bits per heavy atom. The highest BCUT2D eigenvalue weighted by Crippen LogP contribution is 2.18. The van der Waals surface area contributed by atoms with Gasteiger partial charge in [0.15, 0.2) is 0 Å². The van der Waals surface area contributed by atoms with Crippen LogP contribution in [0, 0.1) is 0 Å². The van der Waals surface area contributed by atoms with Crippen LogP contribution in [0.5, 0.6) is 0 Å². The summed E-state index contributed by atoms with van der Waals surface area (Å²) in [4.78, 5) is 4.04. The summed E-state index contributed by atoms with van der Waals surface area (Å²) in [6.45, 7) is 8.97. The minimum atomic E-state index is 0.356. The zero-order valence-corrected chi connectivity index (χ0v) is 10.9. The fraction of sp³-hybridized carbons (Fsp3) is 0.769. The first kappa shape index (κ1) is 13.2. The van der Waals surface area contributed by atoms with E-state index in [0.717, 1.165) is 19.5 Å². The van der Waals surface area contributed by atoms with E-state index in [1.165, 1.54) is 19.3 Å². The van der Waals surface area contributed by atoms with Crippen LogP contribution in [-0.2, 0) is 6.54 Å². The summed E-state index contributed by atoms with van der Waals surface area (Å²) in [5.41, 5.74) is 0.356. The van der Waals surface area contributed by atoms with Gasteiger partial charge in [0.05, 0.1) is 6.33 Å². The third-order valence-corrected chi connectivity index (χ3v) is 3.68. The summed E-state index contributed by atoms with van der Waals surface area (Å²) >= 11 is 0. The zero-order valence-electron chi connectivity index (χ0n) is 10.9. The van der Waals surface area contributed by atoms with E-state index >= 15 is 0 Å². The van der Waals surface area contributed by atoms with Crippen LogP contribution in [-0.4, -0.2) is 21.6 Å². The lowest BCUT2D eigenvalue weighted by Gasteiger charge is -2.32. The van der Waals surface area contributed by atoms with Crippen molar-refractivity contribution in [2.24, 2.45) is 0 Å². The van der Waals surface area contributed by atoms with Crippen molar-refractivity contribution in [1.29, 1.82) is 0 Å². The van der Waals surface area contributed by atoms with Gasteiger partial charge in [-0.15, -0.1) is 0 Å². The van der Waals surface area contributed by atoms with Crippen molar-refractivity contribution >= 4 is 0 Å². The van der Waals surface area contributed by atoms with Crippen molar-refractivity contribution < 1.29 is 0 Å². The highest BCUT2D eigenvalue weighted by Gasteiger charge is 2.21. The van der Waals surface area contributed by atoms with Gasteiger partial charge < -0.3 is 9.88 Å². The Hall–Kier alpha value is -0.830. The van der Waals surface area contributed by atoms with E-state index in [2.05, 4.69) is 35.6 Å². The number of aryl methyl sites for hydroxylation is 1. The number of aromatic nitrogens is 2. The number of nitrogens with zero attached hydrogens (tertiary/aromatic N) is 2. The quantitative estimate of drug-likeness (QED) is 0.687. The first-order valence-electron chi connectivity index (χ1n) is 6.47. The Morgan fingerprint density at radius 2 is 1.88 bits per heavy atom. The van der Waals surface area contributed by atoms with Crippen LogP contribution in [0.4, 0.5) is 0 Å². The molecule has 1 heterocycles. The van der Waals surface area contributed by atoms with E-state index in [4.69, 9.17) is 0 Å². The molecule has 1 rings (SSSR count). The lowest BCUT2D eigenvalue weighted by molar-refractivity contribution is 0.287. The van der Waals surface area contributed by atoms with Gasteiger partial charge in [-0.3, -0.25) is 0 Å². The van der Waals surface area contributed by atoms with E-state index in [9.17, 15) is 0 Å². The molecule has 0 radical (unpaired) electrons. The van der Waals surface area contributed by atoms with Gasteiger partial charge in [-0.1, -0.05) is 20.8 Å². The largest absolute Gasteiger partial charge is 0.337 e. The molecule has 92 valence electrons. The van der Waals surface area contributed by atoms with Crippen molar-refractivity contribution in [3.05, 3.63) is 18.7 Å². The van der Waals surface area contributed by atoms with Crippen molar-refractivity contribution in [2.75, 3.05) is 6.54 Å². The smallest absolute Gasteiger partial charge is 0.0945 e. The molecule has 0 aromatic carbocycles. The lowest BCUT2D eigenvalue weighted by Crippen LogP contribution is -2.44. The molecule has 0 fully saturated rings. The Balaban J connectivity index is 2.23. The number of nitrogens with one attached hydrogen (secondary N) is 1. The monoisotopic (exact) mass is 223 g/mol. The van der Waals surface area contributed by atoms with Crippen molar-refractivity contribution in [3.63, 3.8) is 0 Å². The van der Waals surface area contributed by atoms with Gasteiger partial charge in [-0.05, 0) is 32.2 Å². The van der Waals surface area contributed by atoms with Crippen LogP contribution in [0.25, 0.3) is 0 Å². The van der Waals surface area contributed by atoms with Crippen LogP contribution in [0.2, 0.25) is 0 Å². The van der Waals surface area contributed by atoms with Gasteiger partial charge >= 0.3 is 0 Å². The third kappa shape index (κ3) is 3.63. The Labute approximate surface area is 99.3 Å². The molecule has 0 aliphatic heterocycles. The second-order valence-electron chi connectivity index (χ2n) is 4.42. The molecule has 0 aliphatic rings. The summed E-state index contributed by atoms with van der Waals surface area (Å²) in [6.07, 6.45) is 10.5. The fourth-order valence-corrected chi connectivity index (χ4v) is 2.16. The normalized spacial score (nSPS) is 11.9. The predicted octanol–water partition coefficient (Wildman–Crippen LogP) is 2.83. The summed E-state index contributed by atoms with van der Waals surface area (Å²) in [6, 6.07) is 0. The summed E-state index contributed by atoms with van der Waals surface area (Å²) in [5.74, 6) is 0. The van der Waals surface area contributed by atoms with E-state index < -0.39 is 0 Å². The third-order valence-electron chi connectivity index (χ3n) is 3.68. The van der Waals surface area contributed by atoms with Gasteiger partial charge in [-0.25, -0.2) is 4.98 Å². The molecular weight excluding hydrogens is 198 g/mol. The van der Waals surface area contributed by atoms with E-state index in [-0.39, 0.29) is 0 Å². The highest BCUT2D eigenvalue weighted by molar-refractivity contribution is 4.83. The number of rotatable bonds is 8. The van der Waals surface area contributed by atoms with Gasteiger partial charge in [0.1, 0.15) is 0 Å². The molecule has 1 aromatic heterocycles. The maximum atomic E-state index is 4.04. The molecule has 0 bridgehead atoms. The molecule has 0 unspecified atom stereocenters. The average Bonchev–Trinajstić information content (AvgIpc) is 2.83. The SMILES string of the molecule is CCC(CC)(CC)NCCCn1ccnc1. The fourth-order valence-electron chi connectivity index (χ4n) is 2.16. The molecule has 0 saturated heterocycles. The second-order valence-corrected chi connectivity index (χ2v) is 4.42. The Morgan fingerprint density at radius 1 is 1.19 bits per heavy atom. The highest BCUT2D eigenvalue weighted by atomic mass is 15.0. The van der Waals surface area contributed by atoms with E-state index in [1.807, 2.05) is 18.7 Å². The first-order valence-corrected chi connectivity index (χ1v) is 6.47. The number of hydrogen-bond acceptors (Lipinski definition) is 2. The molecule has 1 aromatic rings. The maximum absolute atomic E-state index is 4.04. The molecule has 3 nitrogen and oxygen atoms in total. The Bertz CT molecular complexity index is 254. The van der Waals surface area contributed by atoms with Crippen molar-refractivity contribution in [3.8, 4) is 0 Å². The van der Waals surface area contributed by atoms with E-state index in [0.29, 0.717) is 5.54 Å². The molecule has 0 amide bonds. The van der Waals surface area contributed by atoms with Crippen LogP contribution in [0.1, 0.15) is 46.5 Å². The molecule has 0 spiro atoms. The molecule has 1 N–H and O–H groups in total. The standard InChI is InChI=1S/C13H25N3/c1-4-13(5-2,6-3)15-8-7-10-16-11-9-14-12-16/h9,11-12,15H,4-8,10H2,1-3H3. The number of hydrogen-bond donors (Lipinski definition) is 1. The number of imidazole rings is 1. The summed E-state index contributed by atoms with van der Waals surface area (Å²) in [5, 5.41) is 3.71. The molecular formula is C13H25N3. The summed E-state index contributed by atoms with van der Waals surface area (Å²) in [7, 11) is 0. The molecule has 3 heteroatoms. The van der Waals surface area contributed by atoms with Gasteiger partial charge in [-0.2, -0.15) is 0 Å². The van der Waals surface area contributed by atoms with Crippen LogP contribution in [0.15, 0.2) is 18.7 Å². The molecule has 16 heavy (non-hydrogen) atoms. The molecule has 0 atom stereocenters. The van der Waals surface area contributed by atoms with Crippen LogP contribution >= 0.6 is 0 Å². The van der Waals surface area contributed by atoms with Gasteiger partial charge in [0, 0.05) is 24.5 Å². The Kier molecular flexibility index (Phi) is 5.53. The first-order chi connectivity index (χ1) is 7.76. The maximum Gasteiger partial charge on any atom is 0.0945 e. The minimum Gasteiger partial charge on any atom is -0.337 e. The summed E-state index contributed by atoms with van der Waals surface area (Å²) < 4.78 is 2.13. The van der Waals surface area contributed by atoms with E-state index in [1.54, 1.807) is 0 Å².